The summed E-state index contributed by atoms with van der Waals surface area (Å²) < 4.78 is 10.9. The van der Waals surface area contributed by atoms with Gasteiger partial charge in [-0.2, -0.15) is 5.26 Å². The molecule has 0 aliphatic carbocycles. The molecule has 0 N–H and O–H groups in total. The van der Waals surface area contributed by atoms with Gasteiger partial charge in [0, 0.05) is 0 Å². The van der Waals surface area contributed by atoms with Gasteiger partial charge in [0.05, 0.1) is 12.7 Å². The van der Waals surface area contributed by atoms with Gasteiger partial charge in [-0.25, -0.2) is 0 Å². The maximum atomic E-state index is 9.09. The third kappa shape index (κ3) is 3.05. The van der Waals surface area contributed by atoms with Crippen molar-refractivity contribution >= 4 is 0 Å². The maximum Gasteiger partial charge on any atom is 0.179 e. The second kappa shape index (κ2) is 5.92. The van der Waals surface area contributed by atoms with Gasteiger partial charge in [-0.15, -0.1) is 0 Å². The zero-order chi connectivity index (χ0) is 13.7. The fraction of sp³-hybridized carbons (Fsp3) is 0.188. The van der Waals surface area contributed by atoms with Crippen molar-refractivity contribution in [1.29, 1.82) is 5.26 Å². The topological polar surface area (TPSA) is 42.2 Å². The molecule has 0 aromatic heterocycles. The first kappa shape index (κ1) is 13.0. The molecule has 0 fully saturated rings. The van der Waals surface area contributed by atoms with E-state index in [1.165, 1.54) is 5.56 Å². The van der Waals surface area contributed by atoms with Crippen molar-refractivity contribution in [1.82, 2.24) is 0 Å². The van der Waals surface area contributed by atoms with Crippen LogP contribution in [0.2, 0.25) is 0 Å². The van der Waals surface area contributed by atoms with Gasteiger partial charge in [-0.3, -0.25) is 0 Å². The van der Waals surface area contributed by atoms with E-state index in [0.29, 0.717) is 23.7 Å². The van der Waals surface area contributed by atoms with Crippen molar-refractivity contribution in [2.45, 2.75) is 13.5 Å². The number of nitrogens with zero attached hydrogens (tertiary/aromatic N) is 1. The minimum absolute atomic E-state index is 0.412. The van der Waals surface area contributed by atoms with Gasteiger partial charge in [0.15, 0.2) is 11.5 Å². The Hall–Kier alpha value is -2.47. The van der Waals surface area contributed by atoms with Gasteiger partial charge in [-0.05, 0) is 24.6 Å². The molecule has 2 aromatic rings. The van der Waals surface area contributed by atoms with Crippen LogP contribution in [-0.4, -0.2) is 7.11 Å². The van der Waals surface area contributed by atoms with Gasteiger partial charge in [0.2, 0.25) is 0 Å². The number of benzene rings is 2. The van der Waals surface area contributed by atoms with Crippen molar-refractivity contribution < 1.29 is 9.47 Å². The fourth-order valence-electron chi connectivity index (χ4n) is 1.75. The predicted molar refractivity (Wildman–Crippen MR) is 73.2 cm³/mol. The number of hydrogen-bond acceptors (Lipinski definition) is 3. The van der Waals surface area contributed by atoms with E-state index in [1.54, 1.807) is 25.3 Å². The summed E-state index contributed by atoms with van der Waals surface area (Å²) in [5, 5.41) is 9.09. The van der Waals surface area contributed by atoms with Crippen LogP contribution in [0.5, 0.6) is 11.5 Å². The van der Waals surface area contributed by atoms with E-state index >= 15 is 0 Å². The number of methoxy groups -OCH3 is 1. The molecule has 0 aliphatic rings. The molecular weight excluding hydrogens is 238 g/mol. The van der Waals surface area contributed by atoms with E-state index in [-0.39, 0.29) is 0 Å². The summed E-state index contributed by atoms with van der Waals surface area (Å²) in [6, 6.07) is 15.5. The van der Waals surface area contributed by atoms with E-state index in [4.69, 9.17) is 14.7 Å². The molecule has 19 heavy (non-hydrogen) atoms. The molecule has 96 valence electrons. The Balaban J connectivity index is 2.19. The van der Waals surface area contributed by atoms with E-state index in [9.17, 15) is 0 Å². The normalized spacial score (nSPS) is 9.74. The summed E-state index contributed by atoms with van der Waals surface area (Å²) in [6.07, 6.45) is 0. The van der Waals surface area contributed by atoms with Crippen LogP contribution in [0.15, 0.2) is 42.5 Å². The number of rotatable bonds is 4. The van der Waals surface area contributed by atoms with Gasteiger partial charge < -0.3 is 9.47 Å². The second-order valence-corrected chi connectivity index (χ2v) is 4.22. The molecule has 0 aliphatic heterocycles. The minimum atomic E-state index is 0.412. The third-order valence-electron chi connectivity index (χ3n) is 2.82. The van der Waals surface area contributed by atoms with Crippen molar-refractivity contribution in [2.24, 2.45) is 0 Å². The average Bonchev–Trinajstić information content (AvgIpc) is 2.46. The van der Waals surface area contributed by atoms with Crippen LogP contribution < -0.4 is 9.47 Å². The molecular formula is C16H15NO2. The first-order valence-electron chi connectivity index (χ1n) is 6.00. The lowest BCUT2D eigenvalue weighted by Gasteiger charge is -2.12. The molecule has 0 amide bonds. The monoisotopic (exact) mass is 253 g/mol. The third-order valence-corrected chi connectivity index (χ3v) is 2.82. The van der Waals surface area contributed by atoms with Crippen LogP contribution in [0.3, 0.4) is 0 Å². The quantitative estimate of drug-likeness (QED) is 0.838. The van der Waals surface area contributed by atoms with Crippen molar-refractivity contribution in [2.75, 3.05) is 7.11 Å². The molecule has 0 atom stereocenters. The molecule has 3 nitrogen and oxygen atoms in total. The second-order valence-electron chi connectivity index (χ2n) is 4.22. The lowest BCUT2D eigenvalue weighted by Crippen LogP contribution is -1.99. The zero-order valence-electron chi connectivity index (χ0n) is 11.0. The lowest BCUT2D eigenvalue weighted by atomic mass is 10.1. The van der Waals surface area contributed by atoms with Crippen molar-refractivity contribution in [3.8, 4) is 17.6 Å². The number of nitriles is 1. The number of para-hydroxylation sites is 1. The van der Waals surface area contributed by atoms with Crippen LogP contribution in [0.1, 0.15) is 16.7 Å². The van der Waals surface area contributed by atoms with E-state index < -0.39 is 0 Å². The Bertz CT molecular complexity index is 597. The summed E-state index contributed by atoms with van der Waals surface area (Å²) in [5.74, 6) is 1.07. The molecule has 0 saturated heterocycles. The highest BCUT2D eigenvalue weighted by Crippen LogP contribution is 2.31. The van der Waals surface area contributed by atoms with Crippen LogP contribution >= 0.6 is 0 Å². The van der Waals surface area contributed by atoms with E-state index in [2.05, 4.69) is 6.07 Å². The molecule has 0 radical (unpaired) electrons. The standard InChI is InChI=1S/C16H15NO2/c1-12-6-8-13(9-7-12)11-19-16-14(10-17)4-3-5-15(16)18-2/h3-9H,11H2,1-2H3. The van der Waals surface area contributed by atoms with Crippen LogP contribution in [0, 0.1) is 18.3 Å². The van der Waals surface area contributed by atoms with E-state index in [0.717, 1.165) is 5.56 Å². The molecule has 2 rings (SSSR count). The SMILES string of the molecule is COc1cccc(C#N)c1OCc1ccc(C)cc1. The highest BCUT2D eigenvalue weighted by atomic mass is 16.5. The molecule has 0 heterocycles. The van der Waals surface area contributed by atoms with Gasteiger partial charge in [0.1, 0.15) is 12.7 Å². The van der Waals surface area contributed by atoms with Crippen molar-refractivity contribution in [3.05, 3.63) is 59.2 Å². The number of hydrogen-bond donors (Lipinski definition) is 0. The maximum absolute atomic E-state index is 9.09. The Kier molecular flexibility index (Phi) is 4.04. The Morgan fingerprint density at radius 3 is 2.47 bits per heavy atom. The van der Waals surface area contributed by atoms with Crippen molar-refractivity contribution in [3.63, 3.8) is 0 Å². The van der Waals surface area contributed by atoms with E-state index in [1.807, 2.05) is 31.2 Å². The van der Waals surface area contributed by atoms with Crippen LogP contribution in [0.25, 0.3) is 0 Å². The molecule has 2 aromatic carbocycles. The Morgan fingerprint density at radius 1 is 1.11 bits per heavy atom. The summed E-state index contributed by atoms with van der Waals surface area (Å²) >= 11 is 0. The molecule has 0 unspecified atom stereocenters. The summed E-state index contributed by atoms with van der Waals surface area (Å²) in [5.41, 5.74) is 2.74. The summed E-state index contributed by atoms with van der Waals surface area (Å²) in [4.78, 5) is 0. The van der Waals surface area contributed by atoms with Gasteiger partial charge in [-0.1, -0.05) is 35.9 Å². The van der Waals surface area contributed by atoms with Crippen LogP contribution in [-0.2, 0) is 6.61 Å². The minimum Gasteiger partial charge on any atom is -0.493 e. The number of aryl methyl sites for hydroxylation is 1. The Morgan fingerprint density at radius 2 is 1.84 bits per heavy atom. The zero-order valence-corrected chi connectivity index (χ0v) is 11.0. The summed E-state index contributed by atoms with van der Waals surface area (Å²) in [7, 11) is 1.56. The van der Waals surface area contributed by atoms with Gasteiger partial charge >= 0.3 is 0 Å². The molecule has 0 spiro atoms. The highest BCUT2D eigenvalue weighted by Gasteiger charge is 2.10. The molecule has 3 heteroatoms. The first-order valence-corrected chi connectivity index (χ1v) is 6.00. The predicted octanol–water partition coefficient (Wildman–Crippen LogP) is 3.45. The Labute approximate surface area is 113 Å². The first-order chi connectivity index (χ1) is 9.24. The highest BCUT2D eigenvalue weighted by molar-refractivity contribution is 5.52. The smallest absolute Gasteiger partial charge is 0.179 e. The van der Waals surface area contributed by atoms with Crippen LogP contribution in [0.4, 0.5) is 0 Å². The summed E-state index contributed by atoms with van der Waals surface area (Å²) in [6.45, 7) is 2.45. The molecule has 0 saturated carbocycles. The fourth-order valence-corrected chi connectivity index (χ4v) is 1.75. The lowest BCUT2D eigenvalue weighted by molar-refractivity contribution is 0.283. The van der Waals surface area contributed by atoms with Gasteiger partial charge in [0.25, 0.3) is 0 Å². The number of ether oxygens (including phenoxy) is 2. The molecule has 0 bridgehead atoms. The average molecular weight is 253 g/mol. The largest absolute Gasteiger partial charge is 0.493 e.